The first-order valence-electron chi connectivity index (χ1n) is 14.2. The molecule has 2 fully saturated rings. The van der Waals surface area contributed by atoms with Crippen molar-refractivity contribution in [3.05, 3.63) is 47.0 Å². The van der Waals surface area contributed by atoms with Crippen LogP contribution in [-0.2, 0) is 23.9 Å². The number of nitrogens with zero attached hydrogens (tertiary/aromatic N) is 8. The minimum atomic E-state index is -4.50. The third-order valence-corrected chi connectivity index (χ3v) is 9.79. The summed E-state index contributed by atoms with van der Waals surface area (Å²) in [5.74, 6) is 1.30. The quantitative estimate of drug-likeness (QED) is 0.320. The molecule has 5 aromatic rings. The summed E-state index contributed by atoms with van der Waals surface area (Å²) in [6.45, 7) is 4.99. The molecular weight excluding hydrogens is 567 g/mol. The van der Waals surface area contributed by atoms with E-state index in [0.29, 0.717) is 44.2 Å². The SMILES string of the molecule is FC(F)(F)c1nnc2n1[C@H]1CCN(Cc3cc4nc(-c5cccc6[nH]ncc56)nc(N5CCOCC5)c4s3)C[C@H]1CC2. The van der Waals surface area contributed by atoms with Gasteiger partial charge in [0.25, 0.3) is 0 Å². The molecule has 218 valence electrons. The van der Waals surface area contributed by atoms with Gasteiger partial charge >= 0.3 is 6.18 Å². The number of H-pyrrole nitrogens is 1. The van der Waals surface area contributed by atoms with Crippen molar-refractivity contribution in [1.29, 1.82) is 0 Å². The topological polar surface area (TPSA) is 101 Å². The molecule has 3 aliphatic rings. The Balaban J connectivity index is 1.10. The number of likely N-dealkylation sites (tertiary alicyclic amines) is 1. The van der Waals surface area contributed by atoms with Gasteiger partial charge in [-0.1, -0.05) is 12.1 Å². The van der Waals surface area contributed by atoms with Gasteiger partial charge < -0.3 is 14.2 Å². The number of aromatic nitrogens is 7. The highest BCUT2D eigenvalue weighted by atomic mass is 32.1. The molecule has 3 aliphatic heterocycles. The fraction of sp³-hybridized carbons (Fsp3) is 0.464. The van der Waals surface area contributed by atoms with Crippen LogP contribution in [0.3, 0.4) is 0 Å². The van der Waals surface area contributed by atoms with Crippen molar-refractivity contribution in [3.8, 4) is 11.4 Å². The standard InChI is InChI=1S/C28H28F3N9OS/c29-28(30,31)27-37-36-23-5-4-16-14-38(7-6-22(16)40(23)27)15-17-12-21-24(42-17)26(39-8-10-41-11-9-39)34-25(33-21)18-2-1-3-20-19(18)13-32-35-20/h1-3,12-13,16,22H,4-11,14-15H2,(H,32,35)/t16-,22+/m1/s1. The third kappa shape index (κ3) is 4.43. The summed E-state index contributed by atoms with van der Waals surface area (Å²) in [5, 5.41) is 15.6. The first-order valence-corrected chi connectivity index (χ1v) is 15.0. The van der Waals surface area contributed by atoms with E-state index in [-0.39, 0.29) is 12.0 Å². The van der Waals surface area contributed by atoms with E-state index in [1.54, 1.807) is 17.5 Å². The lowest BCUT2D eigenvalue weighted by atomic mass is 9.85. The second-order valence-electron chi connectivity index (χ2n) is 11.2. The van der Waals surface area contributed by atoms with E-state index >= 15 is 0 Å². The van der Waals surface area contributed by atoms with Crippen molar-refractivity contribution in [2.75, 3.05) is 44.3 Å². The number of thiophene rings is 1. The highest BCUT2D eigenvalue weighted by molar-refractivity contribution is 7.19. The number of morpholine rings is 1. The summed E-state index contributed by atoms with van der Waals surface area (Å²) in [4.78, 5) is 15.9. The van der Waals surface area contributed by atoms with Crippen molar-refractivity contribution in [2.45, 2.75) is 38.0 Å². The molecule has 0 aliphatic carbocycles. The number of benzene rings is 1. The van der Waals surface area contributed by atoms with E-state index in [1.165, 1.54) is 9.44 Å². The molecule has 0 saturated carbocycles. The Morgan fingerprint density at radius 3 is 2.81 bits per heavy atom. The van der Waals surface area contributed by atoms with Crippen molar-refractivity contribution < 1.29 is 17.9 Å². The third-order valence-electron chi connectivity index (χ3n) is 8.69. The maximum atomic E-state index is 13.6. The Hall–Kier alpha value is -3.62. The minimum Gasteiger partial charge on any atom is -0.378 e. The molecule has 14 heteroatoms. The largest absolute Gasteiger partial charge is 0.451 e. The summed E-state index contributed by atoms with van der Waals surface area (Å²) in [5.41, 5.74) is 2.76. The van der Waals surface area contributed by atoms with E-state index in [1.807, 2.05) is 18.2 Å². The highest BCUT2D eigenvalue weighted by Crippen LogP contribution is 2.42. The molecule has 4 aromatic heterocycles. The van der Waals surface area contributed by atoms with Crippen LogP contribution in [0.25, 0.3) is 32.5 Å². The first-order chi connectivity index (χ1) is 20.4. The van der Waals surface area contributed by atoms with Gasteiger partial charge in [0, 0.05) is 61.0 Å². The molecule has 0 spiro atoms. The molecule has 2 atom stereocenters. The van der Waals surface area contributed by atoms with Gasteiger partial charge in [-0.15, -0.1) is 21.5 Å². The van der Waals surface area contributed by atoms with E-state index in [9.17, 15) is 13.2 Å². The van der Waals surface area contributed by atoms with Crippen LogP contribution in [0.15, 0.2) is 30.5 Å². The van der Waals surface area contributed by atoms with Crippen LogP contribution in [-0.4, -0.2) is 79.2 Å². The molecule has 7 heterocycles. The number of halogens is 3. The molecule has 2 saturated heterocycles. The van der Waals surface area contributed by atoms with Crippen molar-refractivity contribution in [2.24, 2.45) is 5.92 Å². The molecule has 1 aromatic carbocycles. The average Bonchev–Trinajstić information content (AvgIpc) is 3.74. The van der Waals surface area contributed by atoms with E-state index in [2.05, 4.69) is 36.3 Å². The summed E-state index contributed by atoms with van der Waals surface area (Å²) < 4.78 is 49.0. The van der Waals surface area contributed by atoms with Crippen LogP contribution in [0.4, 0.5) is 19.0 Å². The Kier molecular flexibility index (Phi) is 6.19. The molecule has 1 N–H and O–H groups in total. The zero-order chi connectivity index (χ0) is 28.4. The van der Waals surface area contributed by atoms with Gasteiger partial charge in [-0.3, -0.25) is 10.00 Å². The summed E-state index contributed by atoms with van der Waals surface area (Å²) >= 11 is 1.70. The average molecular weight is 596 g/mol. The molecule has 0 unspecified atom stereocenters. The monoisotopic (exact) mass is 595 g/mol. The summed E-state index contributed by atoms with van der Waals surface area (Å²) in [6, 6.07) is 7.92. The second-order valence-corrected chi connectivity index (χ2v) is 12.4. The lowest BCUT2D eigenvalue weighted by Crippen LogP contribution is -2.44. The maximum absolute atomic E-state index is 13.6. The molecule has 0 radical (unpaired) electrons. The van der Waals surface area contributed by atoms with Crippen LogP contribution < -0.4 is 4.90 Å². The number of piperidine rings is 1. The number of ether oxygens (including phenoxy) is 1. The molecule has 0 amide bonds. The number of nitrogens with one attached hydrogen (secondary N) is 1. The number of aryl methyl sites for hydroxylation is 1. The van der Waals surface area contributed by atoms with Gasteiger partial charge in [0.15, 0.2) is 11.6 Å². The normalized spacial score (nSPS) is 21.6. The Bertz CT molecular complexity index is 1770. The molecule has 0 bridgehead atoms. The lowest BCUT2D eigenvalue weighted by molar-refractivity contribution is -0.149. The van der Waals surface area contributed by atoms with Crippen LogP contribution in [0.1, 0.15) is 35.4 Å². The molecular formula is C28H28F3N9OS. The fourth-order valence-electron chi connectivity index (χ4n) is 6.75. The van der Waals surface area contributed by atoms with E-state index in [4.69, 9.17) is 14.7 Å². The molecule has 10 nitrogen and oxygen atoms in total. The molecule has 8 rings (SSSR count). The Labute approximate surface area is 242 Å². The number of hydrogen-bond donors (Lipinski definition) is 1. The predicted octanol–water partition coefficient (Wildman–Crippen LogP) is 4.69. The van der Waals surface area contributed by atoms with Gasteiger partial charge in [0.1, 0.15) is 5.82 Å². The summed E-state index contributed by atoms with van der Waals surface area (Å²) in [7, 11) is 0. The van der Waals surface area contributed by atoms with Crippen LogP contribution in [0.5, 0.6) is 0 Å². The number of rotatable bonds is 4. The fourth-order valence-corrected chi connectivity index (χ4v) is 7.90. The van der Waals surface area contributed by atoms with Gasteiger partial charge in [0.05, 0.1) is 35.1 Å². The number of anilines is 1. The smallest absolute Gasteiger partial charge is 0.378 e. The van der Waals surface area contributed by atoms with Gasteiger partial charge in [-0.05, 0) is 30.9 Å². The van der Waals surface area contributed by atoms with Crippen LogP contribution in [0, 0.1) is 5.92 Å². The summed E-state index contributed by atoms with van der Waals surface area (Å²) in [6.07, 6.45) is -0.713. The van der Waals surface area contributed by atoms with Gasteiger partial charge in [-0.2, -0.15) is 18.3 Å². The first kappa shape index (κ1) is 26.0. The van der Waals surface area contributed by atoms with Crippen molar-refractivity contribution >= 4 is 38.3 Å². The molecule has 42 heavy (non-hydrogen) atoms. The maximum Gasteiger partial charge on any atom is 0.451 e. The van der Waals surface area contributed by atoms with Crippen LogP contribution in [0.2, 0.25) is 0 Å². The number of alkyl halides is 3. The highest BCUT2D eigenvalue weighted by Gasteiger charge is 2.44. The predicted molar refractivity (Wildman–Crippen MR) is 151 cm³/mol. The Morgan fingerprint density at radius 2 is 1.95 bits per heavy atom. The van der Waals surface area contributed by atoms with Crippen molar-refractivity contribution in [1.82, 2.24) is 39.8 Å². The second kappa shape index (κ2) is 9.99. The van der Waals surface area contributed by atoms with Gasteiger partial charge in [0.2, 0.25) is 5.82 Å². The number of hydrogen-bond acceptors (Lipinski definition) is 9. The van der Waals surface area contributed by atoms with E-state index in [0.717, 1.165) is 65.1 Å². The Morgan fingerprint density at radius 1 is 1.07 bits per heavy atom. The minimum absolute atomic E-state index is 0.128. The lowest BCUT2D eigenvalue weighted by Gasteiger charge is -2.42. The zero-order valence-corrected chi connectivity index (χ0v) is 23.5. The number of aromatic amines is 1. The van der Waals surface area contributed by atoms with Gasteiger partial charge in [-0.25, -0.2) is 9.97 Å². The van der Waals surface area contributed by atoms with Crippen molar-refractivity contribution in [3.63, 3.8) is 0 Å². The number of fused-ring (bicyclic) bond motifs is 5. The van der Waals surface area contributed by atoms with E-state index < -0.39 is 12.0 Å². The zero-order valence-electron chi connectivity index (χ0n) is 22.6. The van der Waals surface area contributed by atoms with Crippen LogP contribution >= 0.6 is 11.3 Å².